The van der Waals surface area contributed by atoms with E-state index in [0.29, 0.717) is 18.4 Å². The highest BCUT2D eigenvalue weighted by Gasteiger charge is 2.17. The highest BCUT2D eigenvalue weighted by atomic mass is 19.1. The third kappa shape index (κ3) is 4.28. The molecule has 1 atom stereocenters. The molecule has 0 aliphatic rings. The lowest BCUT2D eigenvalue weighted by molar-refractivity contribution is -0.121. The third-order valence-corrected chi connectivity index (χ3v) is 3.67. The van der Waals surface area contributed by atoms with E-state index in [2.05, 4.69) is 20.6 Å². The Hall–Kier alpha value is -3.03. The van der Waals surface area contributed by atoms with E-state index in [1.807, 2.05) is 13.2 Å². The van der Waals surface area contributed by atoms with Gasteiger partial charge in [-0.1, -0.05) is 17.3 Å². The second-order valence-electron chi connectivity index (χ2n) is 5.78. The first-order valence-electron chi connectivity index (χ1n) is 7.87. The largest absolute Gasteiger partial charge is 0.345 e. The van der Waals surface area contributed by atoms with E-state index in [0.717, 1.165) is 5.56 Å². The molecule has 3 rings (SSSR count). The van der Waals surface area contributed by atoms with Crippen molar-refractivity contribution in [3.8, 4) is 11.4 Å². The van der Waals surface area contributed by atoms with Gasteiger partial charge < -0.3 is 9.84 Å². The monoisotopic (exact) mass is 343 g/mol. The number of halogens is 1. The van der Waals surface area contributed by atoms with E-state index in [1.165, 1.54) is 12.1 Å². The fourth-order valence-electron chi connectivity index (χ4n) is 2.39. The number of nitrogens with one attached hydrogen (secondary N) is 1. The van der Waals surface area contributed by atoms with Gasteiger partial charge in [-0.2, -0.15) is 10.1 Å². The van der Waals surface area contributed by atoms with Crippen LogP contribution in [0.3, 0.4) is 0 Å². The fourth-order valence-corrected chi connectivity index (χ4v) is 2.39. The lowest BCUT2D eigenvalue weighted by atomic mass is 10.2. The molecule has 0 aliphatic heterocycles. The summed E-state index contributed by atoms with van der Waals surface area (Å²) in [5.74, 6) is 0.0578. The molecule has 1 aromatic carbocycles. The molecule has 0 unspecified atom stereocenters. The molecule has 0 radical (unpaired) electrons. The van der Waals surface area contributed by atoms with Crippen molar-refractivity contribution in [2.75, 3.05) is 0 Å². The topological polar surface area (TPSA) is 85.8 Å². The maximum Gasteiger partial charge on any atom is 0.249 e. The van der Waals surface area contributed by atoms with Crippen molar-refractivity contribution < 1.29 is 13.7 Å². The minimum atomic E-state index is -0.434. The molecule has 25 heavy (non-hydrogen) atoms. The summed E-state index contributed by atoms with van der Waals surface area (Å²) in [6.07, 6.45) is 4.55. The number of benzene rings is 1. The van der Waals surface area contributed by atoms with Gasteiger partial charge in [0.25, 0.3) is 0 Å². The summed E-state index contributed by atoms with van der Waals surface area (Å²) in [4.78, 5) is 16.3. The lowest BCUT2D eigenvalue weighted by Gasteiger charge is -2.09. The zero-order valence-electron chi connectivity index (χ0n) is 13.9. The third-order valence-electron chi connectivity index (χ3n) is 3.67. The van der Waals surface area contributed by atoms with Crippen LogP contribution >= 0.6 is 0 Å². The normalized spacial score (nSPS) is 12.1. The average Bonchev–Trinajstić information content (AvgIpc) is 3.22. The van der Waals surface area contributed by atoms with Gasteiger partial charge in [-0.15, -0.1) is 0 Å². The number of aryl methyl sites for hydroxylation is 2. The molecule has 2 aromatic heterocycles. The van der Waals surface area contributed by atoms with E-state index in [9.17, 15) is 9.18 Å². The van der Waals surface area contributed by atoms with Crippen molar-refractivity contribution in [1.29, 1.82) is 0 Å². The van der Waals surface area contributed by atoms with Crippen LogP contribution in [-0.4, -0.2) is 25.8 Å². The van der Waals surface area contributed by atoms with Gasteiger partial charge in [0.1, 0.15) is 11.9 Å². The number of carbonyl (C=O) groups is 1. The zero-order chi connectivity index (χ0) is 17.8. The van der Waals surface area contributed by atoms with Crippen LogP contribution in [0.4, 0.5) is 4.39 Å². The maximum absolute atomic E-state index is 13.3. The minimum absolute atomic E-state index is 0.123. The second kappa shape index (κ2) is 7.25. The summed E-state index contributed by atoms with van der Waals surface area (Å²) in [6, 6.07) is 5.50. The van der Waals surface area contributed by atoms with Crippen molar-refractivity contribution in [3.63, 3.8) is 0 Å². The van der Waals surface area contributed by atoms with Gasteiger partial charge in [0, 0.05) is 25.2 Å². The number of rotatable bonds is 6. The van der Waals surface area contributed by atoms with Crippen LogP contribution < -0.4 is 5.32 Å². The van der Waals surface area contributed by atoms with Crippen molar-refractivity contribution in [2.45, 2.75) is 25.8 Å². The van der Waals surface area contributed by atoms with Crippen LogP contribution in [-0.2, 0) is 18.3 Å². The van der Waals surface area contributed by atoms with Crippen LogP contribution in [0.5, 0.6) is 0 Å². The van der Waals surface area contributed by atoms with Crippen molar-refractivity contribution in [3.05, 3.63) is 53.9 Å². The van der Waals surface area contributed by atoms with Crippen LogP contribution in [0.25, 0.3) is 11.4 Å². The first-order chi connectivity index (χ1) is 12.0. The molecule has 8 heteroatoms. The Morgan fingerprint density at radius 3 is 3.00 bits per heavy atom. The van der Waals surface area contributed by atoms with Gasteiger partial charge in [-0.05, 0) is 31.0 Å². The van der Waals surface area contributed by atoms with Crippen LogP contribution in [0.15, 0.2) is 41.2 Å². The number of hydrogen-bond acceptors (Lipinski definition) is 5. The smallest absolute Gasteiger partial charge is 0.249 e. The van der Waals surface area contributed by atoms with E-state index in [1.54, 1.807) is 29.9 Å². The molecule has 0 spiro atoms. The quantitative estimate of drug-likeness (QED) is 0.743. The van der Waals surface area contributed by atoms with E-state index < -0.39 is 6.04 Å². The molecule has 0 aliphatic carbocycles. The molecule has 1 amide bonds. The van der Waals surface area contributed by atoms with Crippen molar-refractivity contribution >= 4 is 5.91 Å². The molecule has 1 N–H and O–H groups in total. The Morgan fingerprint density at radius 2 is 2.28 bits per heavy atom. The van der Waals surface area contributed by atoms with Gasteiger partial charge in [-0.25, -0.2) is 4.39 Å². The molecule has 2 heterocycles. The standard InChI is InChI=1S/C17H18FN5O2/c1-11(20-15(24)7-6-12-9-19-23(2)10-12)17-21-16(22-25-17)13-4-3-5-14(18)8-13/h3-5,8-11H,6-7H2,1-2H3,(H,20,24)/t11-/m1/s1. The SMILES string of the molecule is C[C@@H](NC(=O)CCc1cnn(C)c1)c1nc(-c2cccc(F)c2)no1. The second-order valence-corrected chi connectivity index (χ2v) is 5.78. The van der Waals surface area contributed by atoms with Crippen LogP contribution in [0, 0.1) is 5.82 Å². The average molecular weight is 343 g/mol. The molecule has 3 aromatic rings. The van der Waals surface area contributed by atoms with Crippen LogP contribution in [0.2, 0.25) is 0 Å². The molecule has 0 saturated carbocycles. The van der Waals surface area contributed by atoms with E-state index >= 15 is 0 Å². The lowest BCUT2D eigenvalue weighted by Crippen LogP contribution is -2.27. The molecule has 7 nitrogen and oxygen atoms in total. The Kier molecular flexibility index (Phi) is 4.87. The van der Waals surface area contributed by atoms with Crippen molar-refractivity contribution in [2.24, 2.45) is 7.05 Å². The van der Waals surface area contributed by atoms with Gasteiger partial charge >= 0.3 is 0 Å². The molecule has 0 bridgehead atoms. The summed E-state index contributed by atoms with van der Waals surface area (Å²) in [5.41, 5.74) is 1.52. The maximum atomic E-state index is 13.3. The highest BCUT2D eigenvalue weighted by molar-refractivity contribution is 5.76. The van der Waals surface area contributed by atoms with Gasteiger partial charge in [0.05, 0.1) is 6.20 Å². The Labute approximate surface area is 143 Å². The summed E-state index contributed by atoms with van der Waals surface area (Å²) >= 11 is 0. The molecule has 0 fully saturated rings. The van der Waals surface area contributed by atoms with Gasteiger partial charge in [-0.3, -0.25) is 9.48 Å². The first-order valence-corrected chi connectivity index (χ1v) is 7.87. The Bertz CT molecular complexity index is 873. The number of carbonyl (C=O) groups excluding carboxylic acids is 1. The molecule has 0 saturated heterocycles. The predicted molar refractivity (Wildman–Crippen MR) is 87.8 cm³/mol. The summed E-state index contributed by atoms with van der Waals surface area (Å²) in [7, 11) is 1.83. The van der Waals surface area contributed by atoms with Gasteiger partial charge in [0.2, 0.25) is 17.6 Å². The number of amides is 1. The Balaban J connectivity index is 1.57. The number of nitrogens with zero attached hydrogens (tertiary/aromatic N) is 4. The fraction of sp³-hybridized carbons (Fsp3) is 0.294. The minimum Gasteiger partial charge on any atom is -0.345 e. The zero-order valence-corrected chi connectivity index (χ0v) is 13.9. The van der Waals surface area contributed by atoms with Gasteiger partial charge in [0.15, 0.2) is 0 Å². The molecule has 130 valence electrons. The summed E-state index contributed by atoms with van der Waals surface area (Å²) in [6.45, 7) is 1.75. The predicted octanol–water partition coefficient (Wildman–Crippen LogP) is 2.42. The number of hydrogen-bond donors (Lipinski definition) is 1. The first kappa shape index (κ1) is 16.8. The molecular weight excluding hydrogens is 325 g/mol. The van der Waals surface area contributed by atoms with E-state index in [-0.39, 0.29) is 23.4 Å². The Morgan fingerprint density at radius 1 is 1.44 bits per heavy atom. The summed E-state index contributed by atoms with van der Waals surface area (Å²) in [5, 5.41) is 10.7. The molecular formula is C17H18FN5O2. The number of aromatic nitrogens is 4. The van der Waals surface area contributed by atoms with E-state index in [4.69, 9.17) is 4.52 Å². The van der Waals surface area contributed by atoms with Crippen LogP contribution in [0.1, 0.15) is 30.8 Å². The highest BCUT2D eigenvalue weighted by Crippen LogP contribution is 2.19. The summed E-state index contributed by atoms with van der Waals surface area (Å²) < 4.78 is 20.1. The van der Waals surface area contributed by atoms with Crippen molar-refractivity contribution in [1.82, 2.24) is 25.2 Å².